The van der Waals surface area contributed by atoms with Crippen molar-refractivity contribution in [1.29, 1.82) is 0 Å². The van der Waals surface area contributed by atoms with E-state index in [4.69, 9.17) is 0 Å². The molecule has 0 aliphatic carbocycles. The second kappa shape index (κ2) is 9.28. The zero-order chi connectivity index (χ0) is 24.3. The summed E-state index contributed by atoms with van der Waals surface area (Å²) < 4.78 is 42.0. The molecule has 2 aromatic carbocycles. The number of hydrogen-bond donors (Lipinski definition) is 2. The van der Waals surface area contributed by atoms with Gasteiger partial charge in [0.2, 0.25) is 5.91 Å². The van der Waals surface area contributed by atoms with Gasteiger partial charge in [0.15, 0.2) is 5.16 Å². The Kier molecular flexibility index (Phi) is 6.67. The number of hydrogen-bond acceptors (Lipinski definition) is 7. The molecular formula is C19H15F3N6O4S. The maximum Gasteiger partial charge on any atom is 0.418 e. The molecule has 0 unspecified atom stereocenters. The third-order valence-corrected chi connectivity index (χ3v) is 5.30. The lowest BCUT2D eigenvalue weighted by Crippen LogP contribution is -2.17. The van der Waals surface area contributed by atoms with E-state index < -0.39 is 39.9 Å². The van der Waals surface area contributed by atoms with E-state index in [2.05, 4.69) is 20.8 Å². The Labute approximate surface area is 188 Å². The van der Waals surface area contributed by atoms with Crippen molar-refractivity contribution in [2.45, 2.75) is 23.2 Å². The molecule has 2 N–H and O–H groups in total. The highest BCUT2D eigenvalue weighted by molar-refractivity contribution is 7.99. The number of aromatic nitrogens is 3. The molecule has 0 saturated carbocycles. The molecule has 0 bridgehead atoms. The molecule has 14 heteroatoms. The molecule has 0 atom stereocenters. The van der Waals surface area contributed by atoms with Crippen LogP contribution in [-0.2, 0) is 18.0 Å². The number of benzene rings is 2. The number of aryl methyl sites for hydroxylation is 1. The minimum atomic E-state index is -4.83. The predicted molar refractivity (Wildman–Crippen MR) is 112 cm³/mol. The van der Waals surface area contributed by atoms with E-state index >= 15 is 0 Å². The first-order valence-electron chi connectivity index (χ1n) is 9.06. The molecule has 1 aromatic heterocycles. The van der Waals surface area contributed by atoms with Crippen LogP contribution < -0.4 is 10.6 Å². The topological polar surface area (TPSA) is 132 Å². The van der Waals surface area contributed by atoms with Crippen molar-refractivity contribution in [1.82, 2.24) is 14.8 Å². The van der Waals surface area contributed by atoms with Crippen LogP contribution in [0.3, 0.4) is 0 Å². The highest BCUT2D eigenvalue weighted by atomic mass is 32.2. The molecule has 0 aliphatic rings. The van der Waals surface area contributed by atoms with Gasteiger partial charge >= 0.3 is 6.18 Å². The second-order valence-corrected chi connectivity index (χ2v) is 7.67. The average Bonchev–Trinajstić information content (AvgIpc) is 3.12. The van der Waals surface area contributed by atoms with Crippen molar-refractivity contribution < 1.29 is 27.7 Å². The van der Waals surface area contributed by atoms with Gasteiger partial charge < -0.3 is 15.2 Å². The maximum absolute atomic E-state index is 13.5. The molecule has 3 aromatic rings. The number of nitrogens with zero attached hydrogens (tertiary/aromatic N) is 4. The molecule has 33 heavy (non-hydrogen) atoms. The van der Waals surface area contributed by atoms with Crippen LogP contribution in [0, 0.1) is 10.1 Å². The largest absolute Gasteiger partial charge is 0.418 e. The molecule has 3 rings (SSSR count). The SMILES string of the molecule is CC(=O)Nc1ccc(NC(=O)c2ccc(Sc3nncn3C)c([N+](=O)[O-])c2)c(C(F)(F)F)c1. The number of nitrogens with one attached hydrogen (secondary N) is 2. The maximum atomic E-state index is 13.5. The van der Waals surface area contributed by atoms with Crippen LogP contribution in [-0.4, -0.2) is 31.5 Å². The summed E-state index contributed by atoms with van der Waals surface area (Å²) in [5.41, 5.74) is -2.50. The Morgan fingerprint density at radius 2 is 1.88 bits per heavy atom. The number of halogens is 3. The van der Waals surface area contributed by atoms with Gasteiger partial charge in [-0.25, -0.2) is 0 Å². The van der Waals surface area contributed by atoms with Gasteiger partial charge in [-0.05, 0) is 42.1 Å². The van der Waals surface area contributed by atoms with E-state index in [9.17, 15) is 32.9 Å². The van der Waals surface area contributed by atoms with Gasteiger partial charge in [0.25, 0.3) is 11.6 Å². The molecule has 1 heterocycles. The number of carbonyl (C=O) groups excluding carboxylic acids is 2. The summed E-state index contributed by atoms with van der Waals surface area (Å²) in [7, 11) is 1.64. The number of anilines is 2. The van der Waals surface area contributed by atoms with Crippen molar-refractivity contribution >= 4 is 40.6 Å². The fourth-order valence-corrected chi connectivity index (χ4v) is 3.56. The van der Waals surface area contributed by atoms with Crippen LogP contribution >= 0.6 is 11.8 Å². The number of carbonyl (C=O) groups is 2. The fourth-order valence-electron chi connectivity index (χ4n) is 2.71. The van der Waals surface area contributed by atoms with Gasteiger partial charge in [0.1, 0.15) is 6.33 Å². The highest BCUT2D eigenvalue weighted by Crippen LogP contribution is 2.37. The Morgan fingerprint density at radius 3 is 2.45 bits per heavy atom. The van der Waals surface area contributed by atoms with Crippen molar-refractivity contribution in [2.24, 2.45) is 7.05 Å². The molecule has 0 fully saturated rings. The number of nitro benzene ring substituents is 1. The molecule has 0 aliphatic heterocycles. The number of amides is 2. The van der Waals surface area contributed by atoms with Crippen LogP contribution in [0.25, 0.3) is 0 Å². The van der Waals surface area contributed by atoms with Crippen molar-refractivity contribution in [3.8, 4) is 0 Å². The van der Waals surface area contributed by atoms with E-state index in [1.165, 1.54) is 29.1 Å². The van der Waals surface area contributed by atoms with Crippen LogP contribution in [0.4, 0.5) is 30.2 Å². The Morgan fingerprint density at radius 1 is 1.15 bits per heavy atom. The smallest absolute Gasteiger partial charge is 0.326 e. The summed E-state index contributed by atoms with van der Waals surface area (Å²) in [4.78, 5) is 34.7. The van der Waals surface area contributed by atoms with E-state index in [1.54, 1.807) is 7.05 Å². The van der Waals surface area contributed by atoms with Crippen molar-refractivity contribution in [2.75, 3.05) is 10.6 Å². The molecule has 0 spiro atoms. The van der Waals surface area contributed by atoms with Crippen molar-refractivity contribution in [3.63, 3.8) is 0 Å². The Hall–Kier alpha value is -3.94. The van der Waals surface area contributed by atoms with Crippen LogP contribution in [0.2, 0.25) is 0 Å². The van der Waals surface area contributed by atoms with Gasteiger partial charge in [-0.2, -0.15) is 13.2 Å². The average molecular weight is 480 g/mol. The standard InChI is InChI=1S/C19H15F3N6O4S/c1-10(29)24-12-4-5-14(13(8-12)19(20,21)22)25-17(30)11-3-6-16(15(7-11)28(31)32)33-18-26-23-9-27(18)2/h3-9H,1-2H3,(H,24,29)(H,25,30). The first kappa shape index (κ1) is 23.7. The summed E-state index contributed by atoms with van der Waals surface area (Å²) in [6.07, 6.45) is -3.43. The fraction of sp³-hybridized carbons (Fsp3) is 0.158. The Balaban J connectivity index is 1.91. The Bertz CT molecular complexity index is 1240. The molecule has 172 valence electrons. The van der Waals surface area contributed by atoms with Gasteiger partial charge in [-0.1, -0.05) is 0 Å². The quantitative estimate of drug-likeness (QED) is 0.401. The summed E-state index contributed by atoms with van der Waals surface area (Å²) >= 11 is 0.945. The predicted octanol–water partition coefficient (Wildman–Crippen LogP) is 4.10. The monoisotopic (exact) mass is 480 g/mol. The summed E-state index contributed by atoms with van der Waals surface area (Å²) in [5, 5.41) is 23.7. The molecule has 0 saturated heterocycles. The lowest BCUT2D eigenvalue weighted by atomic mass is 10.1. The van der Waals surface area contributed by atoms with Crippen LogP contribution in [0.1, 0.15) is 22.8 Å². The zero-order valence-electron chi connectivity index (χ0n) is 17.0. The third kappa shape index (κ3) is 5.65. The molecule has 0 radical (unpaired) electrons. The zero-order valence-corrected chi connectivity index (χ0v) is 17.8. The molecule has 10 nitrogen and oxygen atoms in total. The normalized spacial score (nSPS) is 11.2. The van der Waals surface area contributed by atoms with Gasteiger partial charge in [0, 0.05) is 31.3 Å². The molecular weight excluding hydrogens is 465 g/mol. The molecule has 2 amide bonds. The first-order valence-corrected chi connectivity index (χ1v) is 9.88. The summed E-state index contributed by atoms with van der Waals surface area (Å²) in [6, 6.07) is 6.37. The highest BCUT2D eigenvalue weighted by Gasteiger charge is 2.34. The number of rotatable bonds is 6. The number of nitro groups is 1. The second-order valence-electron chi connectivity index (χ2n) is 6.66. The lowest BCUT2D eigenvalue weighted by molar-refractivity contribution is -0.387. The van der Waals surface area contributed by atoms with E-state index in [0.717, 1.165) is 30.8 Å². The summed E-state index contributed by atoms with van der Waals surface area (Å²) in [6.45, 7) is 1.14. The lowest BCUT2D eigenvalue weighted by Gasteiger charge is -2.15. The van der Waals surface area contributed by atoms with Crippen LogP contribution in [0.15, 0.2) is 52.8 Å². The minimum absolute atomic E-state index is 0.103. The third-order valence-electron chi connectivity index (χ3n) is 4.18. The van der Waals surface area contributed by atoms with Crippen molar-refractivity contribution in [3.05, 3.63) is 64.0 Å². The van der Waals surface area contributed by atoms with Gasteiger partial charge in [-0.3, -0.25) is 19.7 Å². The van der Waals surface area contributed by atoms with E-state index in [1.807, 2.05) is 0 Å². The van der Waals surface area contributed by atoms with E-state index in [0.29, 0.717) is 11.2 Å². The van der Waals surface area contributed by atoms with E-state index in [-0.39, 0.29) is 16.1 Å². The van der Waals surface area contributed by atoms with Crippen LogP contribution in [0.5, 0.6) is 0 Å². The number of alkyl halides is 3. The minimum Gasteiger partial charge on any atom is -0.326 e. The first-order chi connectivity index (χ1) is 15.5. The van der Waals surface area contributed by atoms with Gasteiger partial charge in [-0.15, -0.1) is 10.2 Å². The van der Waals surface area contributed by atoms with Gasteiger partial charge in [0.05, 0.1) is 21.1 Å². The summed E-state index contributed by atoms with van der Waals surface area (Å²) in [5.74, 6) is -1.54.